The minimum Gasteiger partial charge on any atom is -0.324 e. The van der Waals surface area contributed by atoms with E-state index in [-0.39, 0.29) is 18.4 Å². The van der Waals surface area contributed by atoms with Crippen molar-refractivity contribution in [2.45, 2.75) is 13.8 Å². The molecule has 0 spiro atoms. The molecule has 5 nitrogen and oxygen atoms in total. The highest BCUT2D eigenvalue weighted by Crippen LogP contribution is 2.23. The third-order valence-electron chi connectivity index (χ3n) is 3.42. The molecular formula is C18H16ClN3O2. The summed E-state index contributed by atoms with van der Waals surface area (Å²) in [7, 11) is 0. The van der Waals surface area contributed by atoms with Gasteiger partial charge in [0.15, 0.2) is 0 Å². The van der Waals surface area contributed by atoms with Gasteiger partial charge >= 0.3 is 0 Å². The summed E-state index contributed by atoms with van der Waals surface area (Å²) in [6.45, 7) is 3.10. The van der Waals surface area contributed by atoms with E-state index in [2.05, 4.69) is 5.32 Å². The van der Waals surface area contributed by atoms with Crippen LogP contribution >= 0.6 is 11.6 Å². The third-order valence-corrected chi connectivity index (χ3v) is 3.83. The van der Waals surface area contributed by atoms with Crippen LogP contribution in [0.5, 0.6) is 0 Å². The van der Waals surface area contributed by atoms with Gasteiger partial charge in [-0.05, 0) is 42.8 Å². The van der Waals surface area contributed by atoms with Gasteiger partial charge in [0.05, 0.1) is 11.6 Å². The number of anilines is 2. The molecule has 1 N–H and O–H groups in total. The lowest BCUT2D eigenvalue weighted by molar-refractivity contribution is -0.120. The molecule has 0 unspecified atom stereocenters. The number of amides is 2. The van der Waals surface area contributed by atoms with Crippen LogP contribution in [-0.2, 0) is 9.59 Å². The van der Waals surface area contributed by atoms with E-state index < -0.39 is 0 Å². The first kappa shape index (κ1) is 17.5. The second-order valence-electron chi connectivity index (χ2n) is 5.28. The molecule has 24 heavy (non-hydrogen) atoms. The number of carbonyl (C=O) groups is 2. The summed E-state index contributed by atoms with van der Waals surface area (Å²) in [5.41, 5.74) is 2.40. The van der Waals surface area contributed by atoms with Crippen LogP contribution in [0.4, 0.5) is 11.4 Å². The van der Waals surface area contributed by atoms with Crippen molar-refractivity contribution in [2.75, 3.05) is 16.8 Å². The number of carbonyl (C=O) groups excluding carboxylic acids is 2. The Morgan fingerprint density at radius 2 is 2.00 bits per heavy atom. The SMILES string of the molecule is CC(=O)N(CC(=O)Nc1cccc(C#N)c1)c1ccc(C)c(Cl)c1. The van der Waals surface area contributed by atoms with Crippen LogP contribution in [-0.4, -0.2) is 18.4 Å². The van der Waals surface area contributed by atoms with Crippen molar-refractivity contribution < 1.29 is 9.59 Å². The number of nitrogens with zero attached hydrogens (tertiary/aromatic N) is 2. The molecule has 2 rings (SSSR count). The Bertz CT molecular complexity index is 827. The molecule has 122 valence electrons. The molecule has 0 atom stereocenters. The van der Waals surface area contributed by atoms with Crippen LogP contribution in [0.15, 0.2) is 42.5 Å². The monoisotopic (exact) mass is 341 g/mol. The fourth-order valence-corrected chi connectivity index (χ4v) is 2.32. The number of hydrogen-bond acceptors (Lipinski definition) is 3. The molecule has 0 radical (unpaired) electrons. The van der Waals surface area contributed by atoms with Gasteiger partial charge in [-0.25, -0.2) is 0 Å². The Balaban J connectivity index is 2.15. The van der Waals surface area contributed by atoms with E-state index in [0.717, 1.165) is 5.56 Å². The van der Waals surface area contributed by atoms with Gasteiger partial charge in [-0.15, -0.1) is 0 Å². The van der Waals surface area contributed by atoms with E-state index in [9.17, 15) is 9.59 Å². The predicted molar refractivity (Wildman–Crippen MR) is 94.0 cm³/mol. The summed E-state index contributed by atoms with van der Waals surface area (Å²) in [6, 6.07) is 13.8. The molecule has 6 heteroatoms. The smallest absolute Gasteiger partial charge is 0.244 e. The third kappa shape index (κ3) is 4.34. The number of hydrogen-bond donors (Lipinski definition) is 1. The summed E-state index contributed by atoms with van der Waals surface area (Å²) in [6.07, 6.45) is 0. The Kier molecular flexibility index (Phi) is 5.56. The molecule has 2 amide bonds. The Hall–Kier alpha value is -2.84. The maximum absolute atomic E-state index is 12.2. The summed E-state index contributed by atoms with van der Waals surface area (Å²) in [5.74, 6) is -0.632. The number of benzene rings is 2. The van der Waals surface area contributed by atoms with Crippen molar-refractivity contribution >= 4 is 34.8 Å². The molecular weight excluding hydrogens is 326 g/mol. The van der Waals surface area contributed by atoms with Crippen molar-refractivity contribution in [3.8, 4) is 6.07 Å². The van der Waals surface area contributed by atoms with Crippen LogP contribution in [0, 0.1) is 18.3 Å². The average Bonchev–Trinajstić information content (AvgIpc) is 2.55. The first-order chi connectivity index (χ1) is 11.4. The number of halogens is 1. The summed E-state index contributed by atoms with van der Waals surface area (Å²) < 4.78 is 0. The second-order valence-corrected chi connectivity index (χ2v) is 5.69. The maximum Gasteiger partial charge on any atom is 0.244 e. The summed E-state index contributed by atoms with van der Waals surface area (Å²) in [4.78, 5) is 25.5. The zero-order chi connectivity index (χ0) is 17.7. The number of nitrogens with one attached hydrogen (secondary N) is 1. The molecule has 0 fully saturated rings. The van der Waals surface area contributed by atoms with Gasteiger partial charge < -0.3 is 10.2 Å². The minimum absolute atomic E-state index is 0.147. The minimum atomic E-state index is -0.364. The second kappa shape index (κ2) is 7.62. The Morgan fingerprint density at radius 3 is 2.62 bits per heavy atom. The predicted octanol–water partition coefficient (Wildman–Crippen LogP) is 3.51. The topological polar surface area (TPSA) is 73.2 Å². The highest BCUT2D eigenvalue weighted by atomic mass is 35.5. The van der Waals surface area contributed by atoms with Crippen LogP contribution in [0.2, 0.25) is 5.02 Å². The van der Waals surface area contributed by atoms with Crippen LogP contribution < -0.4 is 10.2 Å². The van der Waals surface area contributed by atoms with Gasteiger partial charge in [-0.1, -0.05) is 23.7 Å². The van der Waals surface area contributed by atoms with Crippen molar-refractivity contribution in [3.63, 3.8) is 0 Å². The molecule has 0 aromatic heterocycles. The largest absolute Gasteiger partial charge is 0.324 e. The standard InChI is InChI=1S/C18H16ClN3O2/c1-12-6-7-16(9-17(12)19)22(13(2)23)11-18(24)21-15-5-3-4-14(8-15)10-20/h3-9H,11H2,1-2H3,(H,21,24). The maximum atomic E-state index is 12.2. The van der Waals surface area contributed by atoms with Gasteiger partial charge in [0.1, 0.15) is 6.54 Å². The Morgan fingerprint density at radius 1 is 1.25 bits per heavy atom. The highest BCUT2D eigenvalue weighted by molar-refractivity contribution is 6.31. The molecule has 0 heterocycles. The Labute approximate surface area is 145 Å². The van der Waals surface area contributed by atoms with Gasteiger partial charge in [-0.2, -0.15) is 5.26 Å². The molecule has 0 aliphatic carbocycles. The fourth-order valence-electron chi connectivity index (χ4n) is 2.14. The van der Waals surface area contributed by atoms with Crippen LogP contribution in [0.25, 0.3) is 0 Å². The van der Waals surface area contributed by atoms with E-state index in [4.69, 9.17) is 16.9 Å². The average molecular weight is 342 g/mol. The molecule has 0 aliphatic rings. The van der Waals surface area contributed by atoms with Crippen LogP contribution in [0.1, 0.15) is 18.1 Å². The van der Waals surface area contributed by atoms with E-state index in [1.165, 1.54) is 11.8 Å². The lowest BCUT2D eigenvalue weighted by Gasteiger charge is -2.21. The lowest BCUT2D eigenvalue weighted by Crippen LogP contribution is -2.36. The van der Waals surface area contributed by atoms with Crippen molar-refractivity contribution in [1.29, 1.82) is 5.26 Å². The van der Waals surface area contributed by atoms with Crippen LogP contribution in [0.3, 0.4) is 0 Å². The molecule has 0 bridgehead atoms. The van der Waals surface area contributed by atoms with Gasteiger partial charge in [0, 0.05) is 23.3 Å². The molecule has 0 saturated carbocycles. The summed E-state index contributed by atoms with van der Waals surface area (Å²) >= 11 is 6.09. The zero-order valence-corrected chi connectivity index (χ0v) is 14.1. The molecule has 0 saturated heterocycles. The zero-order valence-electron chi connectivity index (χ0n) is 13.3. The molecule has 2 aromatic carbocycles. The van der Waals surface area contributed by atoms with Crippen molar-refractivity contribution in [3.05, 3.63) is 58.6 Å². The van der Waals surface area contributed by atoms with E-state index in [0.29, 0.717) is 22.0 Å². The highest BCUT2D eigenvalue weighted by Gasteiger charge is 2.16. The number of aryl methyl sites for hydroxylation is 1. The first-order valence-electron chi connectivity index (χ1n) is 7.25. The first-order valence-corrected chi connectivity index (χ1v) is 7.63. The lowest BCUT2D eigenvalue weighted by atomic mass is 10.2. The quantitative estimate of drug-likeness (QED) is 0.924. The molecule has 0 aliphatic heterocycles. The van der Waals surface area contributed by atoms with E-state index in [1.807, 2.05) is 13.0 Å². The van der Waals surface area contributed by atoms with Crippen molar-refractivity contribution in [1.82, 2.24) is 0 Å². The van der Waals surface area contributed by atoms with Gasteiger partial charge in [0.25, 0.3) is 0 Å². The summed E-state index contributed by atoms with van der Waals surface area (Å²) in [5, 5.41) is 12.1. The normalized spacial score (nSPS) is 9.92. The number of nitriles is 1. The van der Waals surface area contributed by atoms with Crippen molar-refractivity contribution in [2.24, 2.45) is 0 Å². The van der Waals surface area contributed by atoms with Gasteiger partial charge in [0.2, 0.25) is 11.8 Å². The van der Waals surface area contributed by atoms with Gasteiger partial charge in [-0.3, -0.25) is 9.59 Å². The molecule has 2 aromatic rings. The fraction of sp³-hybridized carbons (Fsp3) is 0.167. The number of rotatable bonds is 4. The van der Waals surface area contributed by atoms with E-state index >= 15 is 0 Å². The van der Waals surface area contributed by atoms with E-state index in [1.54, 1.807) is 42.5 Å².